The first-order valence-electron chi connectivity index (χ1n) is 5.61. The fraction of sp³-hybridized carbons (Fsp3) is 0.364. The minimum absolute atomic E-state index is 0.0172. The molecule has 8 heteroatoms. The molecule has 7 nitrogen and oxygen atoms in total. The predicted molar refractivity (Wildman–Crippen MR) is 71.9 cm³/mol. The molecule has 1 aromatic rings. The van der Waals surface area contributed by atoms with Gasteiger partial charge in [-0.2, -0.15) is 0 Å². The molecule has 0 heterocycles. The molecule has 106 valence electrons. The van der Waals surface area contributed by atoms with Crippen LogP contribution < -0.4 is 16.2 Å². The third-order valence-electron chi connectivity index (χ3n) is 2.34. The smallest absolute Gasteiger partial charge is 0.328 e. The van der Waals surface area contributed by atoms with Gasteiger partial charge in [-0.3, -0.25) is 0 Å². The van der Waals surface area contributed by atoms with E-state index in [9.17, 15) is 13.2 Å². The number of carbonyl (C=O) groups excluding carboxylic acids is 1. The van der Waals surface area contributed by atoms with Crippen LogP contribution in [0.3, 0.4) is 0 Å². The van der Waals surface area contributed by atoms with E-state index in [1.165, 1.54) is 18.2 Å². The molecule has 0 spiro atoms. The Morgan fingerprint density at radius 2 is 2.11 bits per heavy atom. The van der Waals surface area contributed by atoms with Crippen molar-refractivity contribution in [1.82, 2.24) is 0 Å². The van der Waals surface area contributed by atoms with Crippen LogP contribution in [0.4, 0.5) is 11.4 Å². The molecule has 0 aliphatic rings. The highest BCUT2D eigenvalue weighted by atomic mass is 32.2. The zero-order chi connectivity index (χ0) is 14.6. The van der Waals surface area contributed by atoms with Crippen LogP contribution in [0.15, 0.2) is 23.1 Å². The molecule has 1 atom stereocenters. The van der Waals surface area contributed by atoms with Crippen LogP contribution in [0, 0.1) is 0 Å². The molecule has 1 rings (SSSR count). The largest absolute Gasteiger partial charge is 0.464 e. The Bertz CT molecular complexity index is 571. The highest BCUT2D eigenvalue weighted by Crippen LogP contribution is 2.21. The van der Waals surface area contributed by atoms with E-state index in [1.54, 1.807) is 13.8 Å². The van der Waals surface area contributed by atoms with Gasteiger partial charge in [0.1, 0.15) is 10.9 Å². The van der Waals surface area contributed by atoms with Crippen molar-refractivity contribution < 1.29 is 17.9 Å². The first-order chi connectivity index (χ1) is 8.75. The molecule has 5 N–H and O–H groups in total. The van der Waals surface area contributed by atoms with E-state index in [4.69, 9.17) is 15.6 Å². The first-order valence-corrected chi connectivity index (χ1v) is 7.15. The van der Waals surface area contributed by atoms with Crippen molar-refractivity contribution >= 4 is 27.4 Å². The second-order valence-electron chi connectivity index (χ2n) is 3.92. The third kappa shape index (κ3) is 4.11. The fourth-order valence-corrected chi connectivity index (χ4v) is 2.12. The molecule has 0 aromatic heterocycles. The van der Waals surface area contributed by atoms with Crippen molar-refractivity contribution in [2.45, 2.75) is 24.8 Å². The second-order valence-corrected chi connectivity index (χ2v) is 5.45. The lowest BCUT2D eigenvalue weighted by atomic mass is 10.2. The monoisotopic (exact) mass is 287 g/mol. The number of nitrogens with two attached hydrogens (primary N) is 2. The van der Waals surface area contributed by atoms with Crippen molar-refractivity contribution in [2.24, 2.45) is 5.14 Å². The number of sulfonamides is 1. The number of hydrogen-bond acceptors (Lipinski definition) is 6. The Morgan fingerprint density at radius 1 is 1.47 bits per heavy atom. The third-order valence-corrected chi connectivity index (χ3v) is 3.32. The van der Waals surface area contributed by atoms with Crippen LogP contribution in [0.25, 0.3) is 0 Å². The summed E-state index contributed by atoms with van der Waals surface area (Å²) in [6, 6.07) is 3.59. The van der Waals surface area contributed by atoms with Crippen LogP contribution in [0.2, 0.25) is 0 Å². The molecule has 0 amide bonds. The van der Waals surface area contributed by atoms with Gasteiger partial charge in [0.25, 0.3) is 0 Å². The average molecular weight is 287 g/mol. The summed E-state index contributed by atoms with van der Waals surface area (Å²) >= 11 is 0. The topological polar surface area (TPSA) is 125 Å². The van der Waals surface area contributed by atoms with Gasteiger partial charge >= 0.3 is 5.97 Å². The van der Waals surface area contributed by atoms with Gasteiger partial charge < -0.3 is 15.8 Å². The number of ether oxygens (including phenoxy) is 1. The molecule has 0 radical (unpaired) electrons. The predicted octanol–water partition coefficient (Wildman–Crippen LogP) is 0.280. The zero-order valence-corrected chi connectivity index (χ0v) is 11.5. The maximum absolute atomic E-state index is 11.4. The maximum atomic E-state index is 11.4. The molecule has 1 aromatic carbocycles. The number of carbonyl (C=O) groups is 1. The quantitative estimate of drug-likeness (QED) is 0.527. The van der Waals surface area contributed by atoms with E-state index in [1.807, 2.05) is 0 Å². The lowest BCUT2D eigenvalue weighted by Crippen LogP contribution is -2.28. The fourth-order valence-electron chi connectivity index (χ4n) is 1.47. The van der Waals surface area contributed by atoms with Gasteiger partial charge in [-0.25, -0.2) is 18.4 Å². The van der Waals surface area contributed by atoms with Gasteiger partial charge in [0.2, 0.25) is 10.0 Å². The van der Waals surface area contributed by atoms with E-state index in [-0.39, 0.29) is 17.2 Å². The highest BCUT2D eigenvalue weighted by molar-refractivity contribution is 7.89. The molecule has 0 aliphatic heterocycles. The van der Waals surface area contributed by atoms with Crippen LogP contribution >= 0.6 is 0 Å². The van der Waals surface area contributed by atoms with Gasteiger partial charge in [0, 0.05) is 5.69 Å². The van der Waals surface area contributed by atoms with Crippen LogP contribution in [-0.2, 0) is 19.6 Å². The number of benzene rings is 1. The van der Waals surface area contributed by atoms with E-state index >= 15 is 0 Å². The number of esters is 1. The molecule has 0 aliphatic carbocycles. The normalized spacial score (nSPS) is 12.8. The Balaban J connectivity index is 2.88. The molecule has 0 fully saturated rings. The summed E-state index contributed by atoms with van der Waals surface area (Å²) in [6.45, 7) is 3.63. The van der Waals surface area contributed by atoms with Crippen molar-refractivity contribution in [3.8, 4) is 0 Å². The van der Waals surface area contributed by atoms with Crippen LogP contribution in [-0.4, -0.2) is 27.0 Å². The van der Waals surface area contributed by atoms with Crippen LogP contribution in [0.5, 0.6) is 0 Å². The Kier molecular flexibility index (Phi) is 4.73. The minimum Gasteiger partial charge on any atom is -0.464 e. The minimum atomic E-state index is -3.85. The number of nitrogen functional groups attached to an aromatic ring is 1. The summed E-state index contributed by atoms with van der Waals surface area (Å²) in [7, 11) is -3.85. The number of nitrogens with one attached hydrogen (secondary N) is 1. The molecule has 0 saturated carbocycles. The maximum Gasteiger partial charge on any atom is 0.328 e. The van der Waals surface area contributed by atoms with E-state index in [2.05, 4.69) is 5.32 Å². The summed E-state index contributed by atoms with van der Waals surface area (Å²) in [5.41, 5.74) is 6.12. The summed E-state index contributed by atoms with van der Waals surface area (Å²) in [5.74, 6) is -0.406. The van der Waals surface area contributed by atoms with Crippen molar-refractivity contribution in [1.29, 1.82) is 0 Å². The Morgan fingerprint density at radius 3 is 2.58 bits per heavy atom. The van der Waals surface area contributed by atoms with Crippen molar-refractivity contribution in [3.05, 3.63) is 18.2 Å². The number of primary sulfonamides is 1. The molecule has 0 saturated heterocycles. The highest BCUT2D eigenvalue weighted by Gasteiger charge is 2.16. The van der Waals surface area contributed by atoms with E-state index < -0.39 is 22.0 Å². The molecule has 1 unspecified atom stereocenters. The number of hydrogen-bond donors (Lipinski definition) is 3. The summed E-state index contributed by atoms with van der Waals surface area (Å²) in [5, 5.41) is 7.85. The van der Waals surface area contributed by atoms with Gasteiger partial charge in [0.05, 0.1) is 12.3 Å². The second kappa shape index (κ2) is 5.89. The SMILES string of the molecule is CCOC(=O)C(C)Nc1ccc(S(N)(=O)=O)c(N)c1. The lowest BCUT2D eigenvalue weighted by Gasteiger charge is -2.14. The standard InChI is InChI=1S/C11H17N3O4S/c1-3-18-11(15)7(2)14-8-4-5-10(9(12)6-8)19(13,16)17/h4-7,14H,3,12H2,1-2H3,(H2,13,16,17). The number of rotatable bonds is 5. The number of anilines is 2. The van der Waals surface area contributed by atoms with Gasteiger partial charge in [-0.15, -0.1) is 0 Å². The molecular formula is C11H17N3O4S. The van der Waals surface area contributed by atoms with Crippen molar-refractivity contribution in [2.75, 3.05) is 17.7 Å². The average Bonchev–Trinajstić information content (AvgIpc) is 2.27. The summed E-state index contributed by atoms with van der Waals surface area (Å²) in [4.78, 5) is 11.3. The summed E-state index contributed by atoms with van der Waals surface area (Å²) < 4.78 is 27.2. The summed E-state index contributed by atoms with van der Waals surface area (Å²) in [6.07, 6.45) is 0. The molecule has 19 heavy (non-hydrogen) atoms. The zero-order valence-electron chi connectivity index (χ0n) is 10.7. The van der Waals surface area contributed by atoms with Gasteiger partial charge in [-0.05, 0) is 32.0 Å². The van der Waals surface area contributed by atoms with E-state index in [0.717, 1.165) is 0 Å². The lowest BCUT2D eigenvalue weighted by molar-refractivity contribution is -0.143. The Labute approximate surface area is 112 Å². The molecule has 0 bridgehead atoms. The Hall–Kier alpha value is -1.80. The van der Waals surface area contributed by atoms with Gasteiger partial charge in [-0.1, -0.05) is 0 Å². The van der Waals surface area contributed by atoms with Gasteiger partial charge in [0.15, 0.2) is 0 Å². The van der Waals surface area contributed by atoms with Crippen molar-refractivity contribution in [3.63, 3.8) is 0 Å². The first kappa shape index (κ1) is 15.3. The van der Waals surface area contributed by atoms with E-state index in [0.29, 0.717) is 5.69 Å². The van der Waals surface area contributed by atoms with Crippen LogP contribution in [0.1, 0.15) is 13.8 Å². The molecular weight excluding hydrogens is 270 g/mol.